The summed E-state index contributed by atoms with van der Waals surface area (Å²) in [6, 6.07) is 5.75. The second kappa shape index (κ2) is 5.51. The molecule has 1 aromatic carbocycles. The molecule has 1 aliphatic carbocycles. The number of hydrogen-bond donors (Lipinski definition) is 2. The van der Waals surface area contributed by atoms with E-state index in [1.54, 1.807) is 0 Å². The summed E-state index contributed by atoms with van der Waals surface area (Å²) in [5.74, 6) is 0.387. The maximum atomic E-state index is 11.1. The van der Waals surface area contributed by atoms with Gasteiger partial charge in [0.2, 0.25) is 0 Å². The fourth-order valence-electron chi connectivity index (χ4n) is 2.89. The molecule has 2 aromatic rings. The molecule has 0 atom stereocenters. The van der Waals surface area contributed by atoms with Crippen molar-refractivity contribution in [2.24, 2.45) is 5.92 Å². The third-order valence-corrected chi connectivity index (χ3v) is 3.99. The van der Waals surface area contributed by atoms with Gasteiger partial charge in [0.1, 0.15) is 0 Å². The van der Waals surface area contributed by atoms with Gasteiger partial charge in [-0.05, 0) is 37.0 Å². The van der Waals surface area contributed by atoms with E-state index >= 15 is 0 Å². The van der Waals surface area contributed by atoms with Gasteiger partial charge in [0, 0.05) is 12.2 Å². The fraction of sp³-hybridized carbons (Fsp3) is 0.533. The van der Waals surface area contributed by atoms with Gasteiger partial charge in [0.15, 0.2) is 5.58 Å². The summed E-state index contributed by atoms with van der Waals surface area (Å²) in [5, 5.41) is 3.48. The molecule has 0 aliphatic heterocycles. The lowest BCUT2D eigenvalue weighted by molar-refractivity contribution is 0.483. The van der Waals surface area contributed by atoms with Gasteiger partial charge in [0.05, 0.1) is 5.52 Å². The molecule has 0 radical (unpaired) electrons. The average molecular weight is 260 g/mol. The molecule has 0 saturated heterocycles. The highest BCUT2D eigenvalue weighted by Crippen LogP contribution is 2.24. The molecule has 19 heavy (non-hydrogen) atoms. The normalized spacial score (nSPS) is 17.5. The molecule has 0 unspecified atom stereocenters. The van der Waals surface area contributed by atoms with Crippen LogP contribution in [0.2, 0.25) is 0 Å². The van der Waals surface area contributed by atoms with Crippen LogP contribution in [0.25, 0.3) is 11.1 Å². The maximum Gasteiger partial charge on any atom is 0.417 e. The largest absolute Gasteiger partial charge is 0.417 e. The van der Waals surface area contributed by atoms with Crippen molar-refractivity contribution in [2.75, 3.05) is 11.9 Å². The molecule has 1 saturated carbocycles. The Morgan fingerprint density at radius 2 is 2.00 bits per heavy atom. The highest BCUT2D eigenvalue weighted by molar-refractivity contribution is 5.76. The molecule has 3 rings (SSSR count). The summed E-state index contributed by atoms with van der Waals surface area (Å²) >= 11 is 0. The molecule has 0 bridgehead atoms. The summed E-state index contributed by atoms with van der Waals surface area (Å²) in [6.45, 7) is 1.02. The standard InChI is InChI=1S/C15H20N2O2/c18-15-17-13-9-12(7-8-14(13)19-15)16-10-11-5-3-1-2-4-6-11/h7-9,11,16H,1-6,10H2,(H,17,18). The van der Waals surface area contributed by atoms with Crippen molar-refractivity contribution in [3.8, 4) is 0 Å². The maximum absolute atomic E-state index is 11.1. The Morgan fingerprint density at radius 1 is 1.21 bits per heavy atom. The van der Waals surface area contributed by atoms with Crippen molar-refractivity contribution in [3.63, 3.8) is 0 Å². The van der Waals surface area contributed by atoms with Crippen LogP contribution in [-0.4, -0.2) is 11.5 Å². The SMILES string of the molecule is O=c1[nH]c2cc(NCC3CCCCCC3)ccc2o1. The first-order chi connectivity index (χ1) is 9.31. The first kappa shape index (κ1) is 12.3. The minimum atomic E-state index is -0.393. The lowest BCUT2D eigenvalue weighted by Gasteiger charge is -2.15. The van der Waals surface area contributed by atoms with Gasteiger partial charge in [-0.2, -0.15) is 0 Å². The zero-order chi connectivity index (χ0) is 13.1. The average Bonchev–Trinajstić information content (AvgIpc) is 2.62. The summed E-state index contributed by atoms with van der Waals surface area (Å²) in [7, 11) is 0. The van der Waals surface area contributed by atoms with Crippen LogP contribution in [0.3, 0.4) is 0 Å². The number of hydrogen-bond acceptors (Lipinski definition) is 3. The number of anilines is 1. The Bertz CT molecular complexity index is 591. The van der Waals surface area contributed by atoms with Crippen LogP contribution < -0.4 is 11.1 Å². The third kappa shape index (κ3) is 3.00. The Morgan fingerprint density at radius 3 is 2.79 bits per heavy atom. The van der Waals surface area contributed by atoms with Crippen molar-refractivity contribution in [3.05, 3.63) is 28.7 Å². The van der Waals surface area contributed by atoms with E-state index < -0.39 is 5.76 Å². The van der Waals surface area contributed by atoms with E-state index in [4.69, 9.17) is 4.42 Å². The molecular weight excluding hydrogens is 240 g/mol. The van der Waals surface area contributed by atoms with Crippen LogP contribution in [0.5, 0.6) is 0 Å². The van der Waals surface area contributed by atoms with Crippen molar-refractivity contribution >= 4 is 16.8 Å². The third-order valence-electron chi connectivity index (χ3n) is 3.99. The molecule has 2 N–H and O–H groups in total. The van der Waals surface area contributed by atoms with E-state index in [0.29, 0.717) is 5.58 Å². The van der Waals surface area contributed by atoms with Crippen LogP contribution in [0.4, 0.5) is 5.69 Å². The predicted molar refractivity (Wildman–Crippen MR) is 76.5 cm³/mol. The van der Waals surface area contributed by atoms with Gasteiger partial charge in [-0.25, -0.2) is 4.79 Å². The van der Waals surface area contributed by atoms with Gasteiger partial charge in [0.25, 0.3) is 0 Å². The van der Waals surface area contributed by atoms with Crippen LogP contribution in [-0.2, 0) is 0 Å². The highest BCUT2D eigenvalue weighted by atomic mass is 16.4. The number of aromatic nitrogens is 1. The van der Waals surface area contributed by atoms with E-state index in [-0.39, 0.29) is 0 Å². The minimum absolute atomic E-state index is 0.393. The van der Waals surface area contributed by atoms with Crippen molar-refractivity contribution in [1.29, 1.82) is 0 Å². The van der Waals surface area contributed by atoms with E-state index in [0.717, 1.165) is 23.7 Å². The van der Waals surface area contributed by atoms with Crippen LogP contribution in [0, 0.1) is 5.92 Å². The molecule has 0 spiro atoms. The van der Waals surface area contributed by atoms with E-state index in [1.807, 2.05) is 18.2 Å². The minimum Gasteiger partial charge on any atom is -0.408 e. The van der Waals surface area contributed by atoms with E-state index in [2.05, 4.69) is 10.3 Å². The number of oxazole rings is 1. The monoisotopic (exact) mass is 260 g/mol. The number of rotatable bonds is 3. The molecule has 1 aromatic heterocycles. The summed E-state index contributed by atoms with van der Waals surface area (Å²) in [6.07, 6.45) is 8.16. The molecule has 1 aliphatic rings. The van der Waals surface area contributed by atoms with E-state index in [1.165, 1.54) is 38.5 Å². The van der Waals surface area contributed by atoms with Gasteiger partial charge in [-0.1, -0.05) is 25.7 Å². The number of fused-ring (bicyclic) bond motifs is 1. The lowest BCUT2D eigenvalue weighted by Crippen LogP contribution is -2.13. The Labute approximate surface area is 112 Å². The zero-order valence-electron chi connectivity index (χ0n) is 11.1. The second-order valence-electron chi connectivity index (χ2n) is 5.46. The summed E-state index contributed by atoms with van der Waals surface area (Å²) in [4.78, 5) is 13.8. The molecule has 4 heteroatoms. The number of H-pyrrole nitrogens is 1. The molecule has 1 heterocycles. The first-order valence-electron chi connectivity index (χ1n) is 7.18. The molecule has 1 fully saturated rings. The van der Waals surface area contributed by atoms with Crippen molar-refractivity contribution in [1.82, 2.24) is 4.98 Å². The van der Waals surface area contributed by atoms with Gasteiger partial charge >= 0.3 is 5.76 Å². The quantitative estimate of drug-likeness (QED) is 0.830. The predicted octanol–water partition coefficient (Wildman–Crippen LogP) is 3.50. The van der Waals surface area contributed by atoms with Gasteiger partial charge in [-0.3, -0.25) is 4.98 Å². The number of nitrogens with one attached hydrogen (secondary N) is 2. The van der Waals surface area contributed by atoms with Crippen molar-refractivity contribution < 1.29 is 4.42 Å². The van der Waals surface area contributed by atoms with E-state index in [9.17, 15) is 4.79 Å². The lowest BCUT2D eigenvalue weighted by atomic mass is 10.0. The highest BCUT2D eigenvalue weighted by Gasteiger charge is 2.12. The summed E-state index contributed by atoms with van der Waals surface area (Å²) < 4.78 is 4.99. The fourth-order valence-corrected chi connectivity index (χ4v) is 2.89. The zero-order valence-corrected chi connectivity index (χ0v) is 11.1. The Hall–Kier alpha value is -1.71. The Kier molecular flexibility index (Phi) is 3.58. The smallest absolute Gasteiger partial charge is 0.408 e. The summed E-state index contributed by atoms with van der Waals surface area (Å²) in [5.41, 5.74) is 2.43. The molecular formula is C15H20N2O2. The number of benzene rings is 1. The van der Waals surface area contributed by atoms with Crippen molar-refractivity contribution in [2.45, 2.75) is 38.5 Å². The van der Waals surface area contributed by atoms with Gasteiger partial charge < -0.3 is 9.73 Å². The van der Waals surface area contributed by atoms with Crippen LogP contribution >= 0.6 is 0 Å². The first-order valence-corrected chi connectivity index (χ1v) is 7.18. The van der Waals surface area contributed by atoms with Crippen LogP contribution in [0.15, 0.2) is 27.4 Å². The number of aromatic amines is 1. The molecule has 102 valence electrons. The molecule has 0 amide bonds. The Balaban J connectivity index is 1.65. The second-order valence-corrected chi connectivity index (χ2v) is 5.46. The van der Waals surface area contributed by atoms with Crippen LogP contribution in [0.1, 0.15) is 38.5 Å². The van der Waals surface area contributed by atoms with Gasteiger partial charge in [-0.15, -0.1) is 0 Å². The topological polar surface area (TPSA) is 58.0 Å². The molecule has 4 nitrogen and oxygen atoms in total.